The lowest BCUT2D eigenvalue weighted by molar-refractivity contribution is -0.117. The summed E-state index contributed by atoms with van der Waals surface area (Å²) in [5, 5.41) is 2.83. The van der Waals surface area contributed by atoms with Gasteiger partial charge in [-0.3, -0.25) is 14.5 Å². The van der Waals surface area contributed by atoms with Crippen LogP contribution in [0.3, 0.4) is 0 Å². The number of likely N-dealkylation sites (N-methyl/N-ethyl adjacent to an activating group) is 1. The van der Waals surface area contributed by atoms with Gasteiger partial charge < -0.3 is 14.8 Å². The molecule has 26 heavy (non-hydrogen) atoms. The molecule has 0 atom stereocenters. The molecule has 0 saturated heterocycles. The van der Waals surface area contributed by atoms with Crippen LogP contribution in [0.25, 0.3) is 0 Å². The molecule has 6 nitrogen and oxygen atoms in total. The zero-order valence-corrected chi connectivity index (χ0v) is 15.5. The van der Waals surface area contributed by atoms with Crippen molar-refractivity contribution in [2.75, 3.05) is 33.1 Å². The summed E-state index contributed by atoms with van der Waals surface area (Å²) in [7, 11) is 5.05. The maximum Gasteiger partial charge on any atom is 0.238 e. The van der Waals surface area contributed by atoms with Crippen LogP contribution in [-0.2, 0) is 11.3 Å². The number of hydrogen-bond donors (Lipinski definition) is 1. The Bertz CT molecular complexity index is 772. The standard InChI is InChI=1S/C20H24N2O4/c1-14(23)15-8-10-17(11-9-15)21-19(24)13-22(2)12-16-6-5-7-18(25-3)20(16)26-4/h5-11H,12-13H2,1-4H3,(H,21,24). The highest BCUT2D eigenvalue weighted by Gasteiger charge is 2.13. The number of hydrogen-bond acceptors (Lipinski definition) is 5. The second kappa shape index (κ2) is 9.01. The van der Waals surface area contributed by atoms with E-state index in [4.69, 9.17) is 9.47 Å². The molecule has 1 N–H and O–H groups in total. The van der Waals surface area contributed by atoms with Gasteiger partial charge >= 0.3 is 0 Å². The first-order valence-electron chi connectivity index (χ1n) is 8.24. The molecule has 6 heteroatoms. The third kappa shape index (κ3) is 5.07. The fourth-order valence-electron chi connectivity index (χ4n) is 2.66. The third-order valence-corrected chi connectivity index (χ3v) is 3.91. The molecule has 0 aliphatic rings. The number of rotatable bonds is 8. The van der Waals surface area contributed by atoms with E-state index in [1.165, 1.54) is 6.92 Å². The van der Waals surface area contributed by atoms with E-state index >= 15 is 0 Å². The van der Waals surface area contributed by atoms with Crippen LogP contribution in [-0.4, -0.2) is 44.4 Å². The van der Waals surface area contributed by atoms with Crippen molar-refractivity contribution in [2.24, 2.45) is 0 Å². The van der Waals surface area contributed by atoms with Gasteiger partial charge in [-0.25, -0.2) is 0 Å². The van der Waals surface area contributed by atoms with Gasteiger partial charge in [-0.2, -0.15) is 0 Å². The predicted molar refractivity (Wildman–Crippen MR) is 101 cm³/mol. The van der Waals surface area contributed by atoms with Crippen LogP contribution in [0.5, 0.6) is 11.5 Å². The summed E-state index contributed by atoms with van der Waals surface area (Å²) in [6.45, 7) is 2.27. The lowest BCUT2D eigenvalue weighted by Crippen LogP contribution is -2.30. The van der Waals surface area contributed by atoms with E-state index in [1.807, 2.05) is 30.1 Å². The Labute approximate surface area is 153 Å². The number of methoxy groups -OCH3 is 2. The van der Waals surface area contributed by atoms with Gasteiger partial charge in [0.15, 0.2) is 17.3 Å². The third-order valence-electron chi connectivity index (χ3n) is 3.91. The number of Topliss-reactive ketones (excluding diaryl/α,β-unsaturated/α-hetero) is 1. The van der Waals surface area contributed by atoms with E-state index in [1.54, 1.807) is 38.5 Å². The Morgan fingerprint density at radius 1 is 1.04 bits per heavy atom. The summed E-state index contributed by atoms with van der Waals surface area (Å²) in [4.78, 5) is 25.4. The molecule has 0 aliphatic heterocycles. The Morgan fingerprint density at radius 3 is 2.31 bits per heavy atom. The van der Waals surface area contributed by atoms with E-state index < -0.39 is 0 Å². The molecule has 0 aromatic heterocycles. The van der Waals surface area contributed by atoms with Crippen molar-refractivity contribution in [3.63, 3.8) is 0 Å². The highest BCUT2D eigenvalue weighted by molar-refractivity contribution is 5.96. The number of carbonyl (C=O) groups excluding carboxylic acids is 2. The number of benzene rings is 2. The molecule has 0 bridgehead atoms. The van der Waals surface area contributed by atoms with Crippen LogP contribution < -0.4 is 14.8 Å². The van der Waals surface area contributed by atoms with Crippen LogP contribution in [0.4, 0.5) is 5.69 Å². The fourth-order valence-corrected chi connectivity index (χ4v) is 2.66. The van der Waals surface area contributed by atoms with Crippen LogP contribution in [0, 0.1) is 0 Å². The van der Waals surface area contributed by atoms with Crippen molar-refractivity contribution in [1.29, 1.82) is 0 Å². The molecule has 1 amide bonds. The van der Waals surface area contributed by atoms with E-state index in [-0.39, 0.29) is 18.2 Å². The van der Waals surface area contributed by atoms with Crippen molar-refractivity contribution < 1.29 is 19.1 Å². The van der Waals surface area contributed by atoms with E-state index in [0.717, 1.165) is 5.56 Å². The molecule has 0 aliphatic carbocycles. The van der Waals surface area contributed by atoms with Gasteiger partial charge in [0.25, 0.3) is 0 Å². The molecule has 0 spiro atoms. The molecule has 2 rings (SSSR count). The normalized spacial score (nSPS) is 10.5. The quantitative estimate of drug-likeness (QED) is 0.737. The Balaban J connectivity index is 1.96. The largest absolute Gasteiger partial charge is 0.493 e. The zero-order valence-electron chi connectivity index (χ0n) is 15.5. The first kappa shape index (κ1) is 19.5. The first-order valence-corrected chi connectivity index (χ1v) is 8.24. The van der Waals surface area contributed by atoms with Gasteiger partial charge in [0, 0.05) is 23.4 Å². The van der Waals surface area contributed by atoms with Gasteiger partial charge in [-0.15, -0.1) is 0 Å². The van der Waals surface area contributed by atoms with Crippen molar-refractivity contribution in [2.45, 2.75) is 13.5 Å². The molecule has 0 radical (unpaired) electrons. The average molecular weight is 356 g/mol. The summed E-state index contributed by atoms with van der Waals surface area (Å²) in [5.74, 6) is 1.19. The summed E-state index contributed by atoms with van der Waals surface area (Å²) in [5.41, 5.74) is 2.21. The van der Waals surface area contributed by atoms with Crippen molar-refractivity contribution in [3.8, 4) is 11.5 Å². The Hall–Kier alpha value is -2.86. The van der Waals surface area contributed by atoms with Crippen LogP contribution in [0.1, 0.15) is 22.8 Å². The van der Waals surface area contributed by atoms with Crippen LogP contribution >= 0.6 is 0 Å². The molecule has 0 unspecified atom stereocenters. The maximum atomic E-state index is 12.2. The average Bonchev–Trinajstić information content (AvgIpc) is 2.61. The van der Waals surface area contributed by atoms with E-state index in [9.17, 15) is 9.59 Å². The SMILES string of the molecule is COc1cccc(CN(C)CC(=O)Nc2ccc(C(C)=O)cc2)c1OC. The second-order valence-electron chi connectivity index (χ2n) is 6.01. The molecular weight excluding hydrogens is 332 g/mol. The summed E-state index contributed by atoms with van der Waals surface area (Å²) < 4.78 is 10.7. The second-order valence-corrected chi connectivity index (χ2v) is 6.01. The molecule has 2 aromatic rings. The Morgan fingerprint density at radius 2 is 1.73 bits per heavy atom. The first-order chi connectivity index (χ1) is 12.4. The van der Waals surface area contributed by atoms with Gasteiger partial charge in [0.2, 0.25) is 5.91 Å². The highest BCUT2D eigenvalue weighted by Crippen LogP contribution is 2.31. The predicted octanol–water partition coefficient (Wildman–Crippen LogP) is 2.98. The fraction of sp³-hybridized carbons (Fsp3) is 0.300. The molecular formula is C20H24N2O4. The van der Waals surface area contributed by atoms with E-state index in [0.29, 0.717) is 29.3 Å². The lowest BCUT2D eigenvalue weighted by Gasteiger charge is -2.19. The minimum Gasteiger partial charge on any atom is -0.493 e. The number of carbonyl (C=O) groups is 2. The summed E-state index contributed by atoms with van der Waals surface area (Å²) in [6, 6.07) is 12.5. The van der Waals surface area contributed by atoms with Crippen molar-refractivity contribution in [1.82, 2.24) is 4.90 Å². The number of nitrogens with zero attached hydrogens (tertiary/aromatic N) is 1. The number of ether oxygens (including phenoxy) is 2. The molecule has 2 aromatic carbocycles. The topological polar surface area (TPSA) is 67.9 Å². The number of amides is 1. The summed E-state index contributed by atoms with van der Waals surface area (Å²) >= 11 is 0. The highest BCUT2D eigenvalue weighted by atomic mass is 16.5. The number of ketones is 1. The number of nitrogens with one attached hydrogen (secondary N) is 1. The Kier molecular flexibility index (Phi) is 6.74. The zero-order chi connectivity index (χ0) is 19.1. The van der Waals surface area contributed by atoms with Gasteiger partial charge in [-0.1, -0.05) is 12.1 Å². The number of anilines is 1. The van der Waals surface area contributed by atoms with Gasteiger partial charge in [0.1, 0.15) is 0 Å². The van der Waals surface area contributed by atoms with E-state index in [2.05, 4.69) is 5.32 Å². The number of para-hydroxylation sites is 1. The van der Waals surface area contributed by atoms with Crippen LogP contribution in [0.2, 0.25) is 0 Å². The minimum atomic E-state index is -0.134. The smallest absolute Gasteiger partial charge is 0.238 e. The molecule has 138 valence electrons. The summed E-state index contributed by atoms with van der Waals surface area (Å²) in [6.07, 6.45) is 0. The van der Waals surface area contributed by atoms with Gasteiger partial charge in [0.05, 0.1) is 20.8 Å². The molecule has 0 saturated carbocycles. The van der Waals surface area contributed by atoms with Crippen LogP contribution in [0.15, 0.2) is 42.5 Å². The van der Waals surface area contributed by atoms with Crippen molar-refractivity contribution in [3.05, 3.63) is 53.6 Å². The minimum absolute atomic E-state index is 0.00477. The maximum absolute atomic E-state index is 12.2. The lowest BCUT2D eigenvalue weighted by atomic mass is 10.1. The monoisotopic (exact) mass is 356 g/mol. The van der Waals surface area contributed by atoms with Crippen molar-refractivity contribution >= 4 is 17.4 Å². The molecule has 0 fully saturated rings. The van der Waals surface area contributed by atoms with Gasteiger partial charge in [-0.05, 0) is 44.3 Å². The molecule has 0 heterocycles.